The number of fused-ring (bicyclic) bond motifs is 1. The highest BCUT2D eigenvalue weighted by molar-refractivity contribution is 9.10. The molecule has 2 aliphatic heterocycles. The Bertz CT molecular complexity index is 571. The summed E-state index contributed by atoms with van der Waals surface area (Å²) in [6, 6.07) is 1.06. The van der Waals surface area contributed by atoms with Gasteiger partial charge in [-0.3, -0.25) is 9.69 Å². The van der Waals surface area contributed by atoms with Gasteiger partial charge in [0.2, 0.25) is 0 Å². The lowest BCUT2D eigenvalue weighted by Crippen LogP contribution is -2.35. The predicted molar refractivity (Wildman–Crippen MR) is 87.7 cm³/mol. The molecule has 0 aliphatic carbocycles. The maximum atomic E-state index is 12.3. The lowest BCUT2D eigenvalue weighted by atomic mass is 10.1. The normalized spacial score (nSPS) is 25.5. The molecule has 3 rings (SSSR count). The van der Waals surface area contributed by atoms with Crippen LogP contribution in [0.15, 0.2) is 15.5 Å². The Kier molecular flexibility index (Phi) is 4.36. The van der Waals surface area contributed by atoms with Crippen LogP contribution in [0.2, 0.25) is 0 Å². The Labute approximate surface area is 133 Å². The van der Waals surface area contributed by atoms with Gasteiger partial charge in [-0.2, -0.15) is 5.10 Å². The first-order valence-corrected chi connectivity index (χ1v) is 8.61. The number of aromatic nitrogens is 2. The highest BCUT2D eigenvalue weighted by Crippen LogP contribution is 2.31. The zero-order chi connectivity index (χ0) is 15.0. The van der Waals surface area contributed by atoms with Gasteiger partial charge in [-0.25, -0.2) is 4.68 Å². The number of hydrogen-bond acceptors (Lipinski definition) is 4. The first-order valence-electron chi connectivity index (χ1n) is 7.82. The molecule has 1 aromatic rings. The van der Waals surface area contributed by atoms with Gasteiger partial charge in [-0.05, 0) is 47.7 Å². The number of anilines is 1. The second kappa shape index (κ2) is 6.08. The molecule has 0 radical (unpaired) electrons. The molecule has 0 bridgehead atoms. The molecule has 21 heavy (non-hydrogen) atoms. The van der Waals surface area contributed by atoms with E-state index in [1.165, 1.54) is 24.1 Å². The monoisotopic (exact) mass is 354 g/mol. The molecule has 0 aromatic carbocycles. The summed E-state index contributed by atoms with van der Waals surface area (Å²) in [7, 11) is 0. The van der Waals surface area contributed by atoms with Gasteiger partial charge in [0.1, 0.15) is 4.47 Å². The molecule has 5 nitrogen and oxygen atoms in total. The second-order valence-electron chi connectivity index (χ2n) is 6.54. The predicted octanol–water partition coefficient (Wildman–Crippen LogP) is 2.31. The quantitative estimate of drug-likeness (QED) is 0.901. The van der Waals surface area contributed by atoms with Crippen molar-refractivity contribution in [2.45, 2.75) is 51.7 Å². The summed E-state index contributed by atoms with van der Waals surface area (Å²) in [5, 5.41) is 7.84. The zero-order valence-corrected chi connectivity index (χ0v) is 14.3. The standard InChI is InChI=1S/C15H23BrN4O/c1-10(2)9-20-15(21)14(16)12(8-17-20)18-11-5-7-19-6-3-4-13(11)19/h8,10-11,13,18H,3-7,9H2,1-2H3. The topological polar surface area (TPSA) is 50.2 Å². The molecule has 1 aromatic heterocycles. The van der Waals surface area contributed by atoms with E-state index >= 15 is 0 Å². The molecular weight excluding hydrogens is 332 g/mol. The summed E-state index contributed by atoms with van der Waals surface area (Å²) in [6.07, 6.45) is 5.48. The Morgan fingerprint density at radius 3 is 3.00 bits per heavy atom. The number of halogens is 1. The second-order valence-corrected chi connectivity index (χ2v) is 7.33. The van der Waals surface area contributed by atoms with Crippen LogP contribution >= 0.6 is 15.9 Å². The van der Waals surface area contributed by atoms with Crippen molar-refractivity contribution in [3.8, 4) is 0 Å². The van der Waals surface area contributed by atoms with Crippen LogP contribution in [0.5, 0.6) is 0 Å². The van der Waals surface area contributed by atoms with Gasteiger partial charge < -0.3 is 5.32 Å². The molecule has 2 aliphatic rings. The van der Waals surface area contributed by atoms with E-state index in [-0.39, 0.29) is 5.56 Å². The molecule has 0 spiro atoms. The fraction of sp³-hybridized carbons (Fsp3) is 0.733. The maximum Gasteiger partial charge on any atom is 0.283 e. The van der Waals surface area contributed by atoms with Gasteiger partial charge in [-0.1, -0.05) is 13.8 Å². The summed E-state index contributed by atoms with van der Waals surface area (Å²) >= 11 is 3.45. The molecule has 2 fully saturated rings. The van der Waals surface area contributed by atoms with Crippen LogP contribution in [-0.2, 0) is 6.54 Å². The van der Waals surface area contributed by atoms with Crippen molar-refractivity contribution in [3.05, 3.63) is 21.0 Å². The molecule has 116 valence electrons. The highest BCUT2D eigenvalue weighted by Gasteiger charge is 2.37. The smallest absolute Gasteiger partial charge is 0.283 e. The summed E-state index contributed by atoms with van der Waals surface area (Å²) < 4.78 is 2.14. The van der Waals surface area contributed by atoms with Crippen LogP contribution in [0, 0.1) is 5.92 Å². The van der Waals surface area contributed by atoms with Gasteiger partial charge in [-0.15, -0.1) is 0 Å². The van der Waals surface area contributed by atoms with Crippen LogP contribution in [0.4, 0.5) is 5.69 Å². The van der Waals surface area contributed by atoms with Crippen molar-refractivity contribution in [1.29, 1.82) is 0 Å². The van der Waals surface area contributed by atoms with Crippen molar-refractivity contribution in [1.82, 2.24) is 14.7 Å². The Hall–Kier alpha value is -0.880. The molecule has 0 saturated carbocycles. The zero-order valence-electron chi connectivity index (χ0n) is 12.7. The fourth-order valence-electron chi connectivity index (χ4n) is 3.49. The van der Waals surface area contributed by atoms with Crippen molar-refractivity contribution in [3.63, 3.8) is 0 Å². The van der Waals surface area contributed by atoms with E-state index in [1.54, 1.807) is 6.20 Å². The number of rotatable bonds is 4. The van der Waals surface area contributed by atoms with Crippen LogP contribution in [0.3, 0.4) is 0 Å². The van der Waals surface area contributed by atoms with Crippen LogP contribution in [-0.4, -0.2) is 39.9 Å². The highest BCUT2D eigenvalue weighted by atomic mass is 79.9. The minimum absolute atomic E-state index is 0.0463. The molecule has 2 atom stereocenters. The van der Waals surface area contributed by atoms with E-state index < -0.39 is 0 Å². The third-order valence-electron chi connectivity index (χ3n) is 4.47. The average molecular weight is 355 g/mol. The summed E-state index contributed by atoms with van der Waals surface area (Å²) in [5.41, 5.74) is 0.786. The van der Waals surface area contributed by atoms with E-state index in [2.05, 4.69) is 45.1 Å². The minimum atomic E-state index is -0.0463. The van der Waals surface area contributed by atoms with Crippen LogP contribution < -0.4 is 10.9 Å². The maximum absolute atomic E-state index is 12.3. The van der Waals surface area contributed by atoms with E-state index in [0.717, 1.165) is 18.7 Å². The third-order valence-corrected chi connectivity index (χ3v) is 5.24. The van der Waals surface area contributed by atoms with E-state index in [1.807, 2.05) is 0 Å². The van der Waals surface area contributed by atoms with Crippen LogP contribution in [0.25, 0.3) is 0 Å². The van der Waals surface area contributed by atoms with Crippen LogP contribution in [0.1, 0.15) is 33.1 Å². The van der Waals surface area contributed by atoms with Crippen molar-refractivity contribution < 1.29 is 0 Å². The Morgan fingerprint density at radius 1 is 1.43 bits per heavy atom. The van der Waals surface area contributed by atoms with Crippen molar-refractivity contribution in [2.75, 3.05) is 18.4 Å². The van der Waals surface area contributed by atoms with Crippen molar-refractivity contribution >= 4 is 21.6 Å². The van der Waals surface area contributed by atoms with Crippen molar-refractivity contribution in [2.24, 2.45) is 5.92 Å². The number of hydrogen-bond donors (Lipinski definition) is 1. The van der Waals surface area contributed by atoms with Gasteiger partial charge in [0.25, 0.3) is 5.56 Å². The SMILES string of the molecule is CC(C)Cn1ncc(NC2CCN3CCCC23)c(Br)c1=O. The third kappa shape index (κ3) is 3.01. The van der Waals surface area contributed by atoms with Gasteiger partial charge in [0, 0.05) is 25.2 Å². The van der Waals surface area contributed by atoms with E-state index in [4.69, 9.17) is 0 Å². The average Bonchev–Trinajstić information content (AvgIpc) is 3.02. The first kappa shape index (κ1) is 15.0. The van der Waals surface area contributed by atoms with E-state index in [9.17, 15) is 4.79 Å². The largest absolute Gasteiger partial charge is 0.378 e. The van der Waals surface area contributed by atoms with E-state index in [0.29, 0.717) is 29.0 Å². The molecule has 3 heterocycles. The Morgan fingerprint density at radius 2 is 2.24 bits per heavy atom. The fourth-order valence-corrected chi connectivity index (χ4v) is 3.91. The summed E-state index contributed by atoms with van der Waals surface area (Å²) in [6.45, 7) is 7.20. The molecule has 6 heteroatoms. The molecule has 0 amide bonds. The summed E-state index contributed by atoms with van der Waals surface area (Å²) in [4.78, 5) is 14.9. The van der Waals surface area contributed by atoms with Gasteiger partial charge in [0.05, 0.1) is 11.9 Å². The minimum Gasteiger partial charge on any atom is -0.378 e. The first-order chi connectivity index (χ1) is 10.1. The lowest BCUT2D eigenvalue weighted by Gasteiger charge is -2.22. The Balaban J connectivity index is 1.77. The summed E-state index contributed by atoms with van der Waals surface area (Å²) in [5.74, 6) is 0.405. The lowest BCUT2D eigenvalue weighted by molar-refractivity contribution is 0.318. The van der Waals surface area contributed by atoms with Gasteiger partial charge >= 0.3 is 0 Å². The molecule has 2 unspecified atom stereocenters. The number of nitrogens with zero attached hydrogens (tertiary/aromatic N) is 3. The molecular formula is C15H23BrN4O. The van der Waals surface area contributed by atoms with Gasteiger partial charge in [0.15, 0.2) is 0 Å². The number of nitrogens with one attached hydrogen (secondary N) is 1. The molecule has 1 N–H and O–H groups in total. The molecule has 2 saturated heterocycles.